The zero-order valence-electron chi connectivity index (χ0n) is 16.3. The molecule has 0 spiro atoms. The van der Waals surface area contributed by atoms with Gasteiger partial charge in [0.15, 0.2) is 11.5 Å². The van der Waals surface area contributed by atoms with Crippen molar-refractivity contribution in [3.8, 4) is 23.0 Å². The molecule has 0 bridgehead atoms. The molecule has 3 N–H and O–H groups in total. The van der Waals surface area contributed by atoms with Gasteiger partial charge in [0.2, 0.25) is 0 Å². The highest BCUT2D eigenvalue weighted by molar-refractivity contribution is 5.85. The van der Waals surface area contributed by atoms with Crippen LogP contribution in [0.1, 0.15) is 24.4 Å². The first-order valence-corrected chi connectivity index (χ1v) is 9.85. The van der Waals surface area contributed by atoms with Gasteiger partial charge in [-0.25, -0.2) is 0 Å². The van der Waals surface area contributed by atoms with Crippen molar-refractivity contribution in [3.05, 3.63) is 84.4 Å². The SMILES string of the molecule is Cl.N[C@@H](c1ccc(Oc2ccccc2)c(Oc2ccccc2)c1)C1CCNCC1. The van der Waals surface area contributed by atoms with E-state index in [0.29, 0.717) is 17.4 Å². The van der Waals surface area contributed by atoms with E-state index >= 15 is 0 Å². The summed E-state index contributed by atoms with van der Waals surface area (Å²) < 4.78 is 12.3. The normalized spacial score (nSPS) is 15.2. The number of nitrogens with one attached hydrogen (secondary N) is 1. The Kier molecular flexibility index (Phi) is 7.53. The Hall–Kier alpha value is -2.53. The molecule has 1 saturated heterocycles. The topological polar surface area (TPSA) is 56.5 Å². The number of nitrogens with two attached hydrogens (primary N) is 1. The molecule has 0 aromatic heterocycles. The average molecular weight is 411 g/mol. The van der Waals surface area contributed by atoms with Crippen molar-refractivity contribution < 1.29 is 9.47 Å². The molecule has 0 amide bonds. The van der Waals surface area contributed by atoms with Gasteiger partial charge in [-0.05, 0) is 73.8 Å². The molecule has 1 fully saturated rings. The van der Waals surface area contributed by atoms with E-state index in [2.05, 4.69) is 11.4 Å². The largest absolute Gasteiger partial charge is 0.453 e. The van der Waals surface area contributed by atoms with Crippen LogP contribution in [-0.4, -0.2) is 13.1 Å². The van der Waals surface area contributed by atoms with Crippen LogP contribution in [0.25, 0.3) is 0 Å². The maximum atomic E-state index is 6.61. The van der Waals surface area contributed by atoms with Crippen molar-refractivity contribution in [2.75, 3.05) is 13.1 Å². The minimum absolute atomic E-state index is 0. The van der Waals surface area contributed by atoms with Crippen LogP contribution in [0.2, 0.25) is 0 Å². The summed E-state index contributed by atoms with van der Waals surface area (Å²) in [7, 11) is 0. The summed E-state index contributed by atoms with van der Waals surface area (Å²) in [6.07, 6.45) is 2.19. The first kappa shape index (κ1) is 21.2. The lowest BCUT2D eigenvalue weighted by molar-refractivity contribution is 0.321. The number of hydrogen-bond donors (Lipinski definition) is 2. The molecule has 1 heterocycles. The molecule has 0 saturated carbocycles. The van der Waals surface area contributed by atoms with Crippen molar-refractivity contribution in [1.29, 1.82) is 0 Å². The smallest absolute Gasteiger partial charge is 0.170 e. The molecule has 3 aromatic rings. The van der Waals surface area contributed by atoms with Crippen LogP contribution in [0.4, 0.5) is 0 Å². The summed E-state index contributed by atoms with van der Waals surface area (Å²) >= 11 is 0. The second-order valence-electron chi connectivity index (χ2n) is 7.15. The Morgan fingerprint density at radius 1 is 0.759 bits per heavy atom. The number of piperidine rings is 1. The Bertz CT molecular complexity index is 884. The Morgan fingerprint density at radius 2 is 1.31 bits per heavy atom. The van der Waals surface area contributed by atoms with Gasteiger partial charge < -0.3 is 20.5 Å². The maximum absolute atomic E-state index is 6.61. The van der Waals surface area contributed by atoms with Crippen LogP contribution < -0.4 is 20.5 Å². The predicted molar refractivity (Wildman–Crippen MR) is 119 cm³/mol. The number of hydrogen-bond acceptors (Lipinski definition) is 4. The summed E-state index contributed by atoms with van der Waals surface area (Å²) in [4.78, 5) is 0. The third kappa shape index (κ3) is 5.51. The molecule has 0 unspecified atom stereocenters. The van der Waals surface area contributed by atoms with Gasteiger partial charge in [0.1, 0.15) is 11.5 Å². The molecule has 4 nitrogen and oxygen atoms in total. The Balaban J connectivity index is 0.00000240. The second-order valence-corrected chi connectivity index (χ2v) is 7.15. The molecule has 5 heteroatoms. The van der Waals surface area contributed by atoms with Crippen molar-refractivity contribution >= 4 is 12.4 Å². The number of halogens is 1. The monoisotopic (exact) mass is 410 g/mol. The molecular weight excluding hydrogens is 384 g/mol. The predicted octanol–water partition coefficient (Wildman–Crippen LogP) is 5.69. The zero-order chi connectivity index (χ0) is 19.2. The van der Waals surface area contributed by atoms with E-state index in [1.165, 1.54) is 0 Å². The van der Waals surface area contributed by atoms with Gasteiger partial charge in [0, 0.05) is 6.04 Å². The molecular formula is C24H27ClN2O2. The highest BCUT2D eigenvalue weighted by Crippen LogP contribution is 2.38. The van der Waals surface area contributed by atoms with E-state index in [0.717, 1.165) is 43.0 Å². The van der Waals surface area contributed by atoms with Gasteiger partial charge in [-0.3, -0.25) is 0 Å². The van der Waals surface area contributed by atoms with E-state index in [9.17, 15) is 0 Å². The molecule has 152 valence electrons. The van der Waals surface area contributed by atoms with Crippen molar-refractivity contribution in [2.45, 2.75) is 18.9 Å². The minimum Gasteiger partial charge on any atom is -0.453 e. The molecule has 1 atom stereocenters. The van der Waals surface area contributed by atoms with Crippen molar-refractivity contribution in [1.82, 2.24) is 5.32 Å². The first-order chi connectivity index (χ1) is 13.8. The molecule has 0 aliphatic carbocycles. The van der Waals surface area contributed by atoms with Gasteiger partial charge in [0.05, 0.1) is 0 Å². The van der Waals surface area contributed by atoms with Crippen LogP contribution in [0.5, 0.6) is 23.0 Å². The van der Waals surface area contributed by atoms with Gasteiger partial charge >= 0.3 is 0 Å². The summed E-state index contributed by atoms with van der Waals surface area (Å²) in [6.45, 7) is 2.06. The Morgan fingerprint density at radius 3 is 1.90 bits per heavy atom. The summed E-state index contributed by atoms with van der Waals surface area (Å²) in [5, 5.41) is 3.40. The lowest BCUT2D eigenvalue weighted by atomic mass is 9.86. The number of ether oxygens (including phenoxy) is 2. The minimum atomic E-state index is -0.00833. The summed E-state index contributed by atoms with van der Waals surface area (Å²) in [5.74, 6) is 3.38. The summed E-state index contributed by atoms with van der Waals surface area (Å²) in [6, 6.07) is 25.5. The molecule has 1 aliphatic rings. The van der Waals surface area contributed by atoms with Crippen LogP contribution in [0, 0.1) is 5.92 Å². The molecule has 1 aliphatic heterocycles. The molecule has 4 rings (SSSR count). The lowest BCUT2D eigenvalue weighted by Gasteiger charge is -2.28. The molecule has 29 heavy (non-hydrogen) atoms. The van der Waals surface area contributed by atoms with Crippen molar-refractivity contribution in [3.63, 3.8) is 0 Å². The van der Waals surface area contributed by atoms with E-state index < -0.39 is 0 Å². The van der Waals surface area contributed by atoms with E-state index in [1.54, 1.807) is 0 Å². The van der Waals surface area contributed by atoms with Crippen LogP contribution in [-0.2, 0) is 0 Å². The number of rotatable bonds is 6. The van der Waals surface area contributed by atoms with Gasteiger partial charge in [-0.15, -0.1) is 12.4 Å². The van der Waals surface area contributed by atoms with E-state index in [4.69, 9.17) is 15.2 Å². The third-order valence-corrected chi connectivity index (χ3v) is 5.19. The van der Waals surface area contributed by atoms with E-state index in [-0.39, 0.29) is 18.4 Å². The second kappa shape index (κ2) is 10.3. The van der Waals surface area contributed by atoms with Crippen LogP contribution in [0.3, 0.4) is 0 Å². The lowest BCUT2D eigenvalue weighted by Crippen LogP contribution is -2.33. The summed E-state index contributed by atoms with van der Waals surface area (Å²) in [5.41, 5.74) is 7.69. The standard InChI is InChI=1S/C24H26N2O2.ClH/c25-24(18-13-15-26-16-14-18)19-11-12-22(27-20-7-3-1-4-8-20)23(17-19)28-21-9-5-2-6-10-21;/h1-12,17-18,24,26H,13-16,25H2;1H/t24-;/m1./s1. The number of benzene rings is 3. The molecule has 0 radical (unpaired) electrons. The maximum Gasteiger partial charge on any atom is 0.170 e. The highest BCUT2D eigenvalue weighted by Gasteiger charge is 2.23. The zero-order valence-corrected chi connectivity index (χ0v) is 17.1. The molecule has 3 aromatic carbocycles. The number of para-hydroxylation sites is 2. The van der Waals surface area contributed by atoms with Crippen LogP contribution >= 0.6 is 12.4 Å². The Labute approximate surface area is 178 Å². The van der Waals surface area contributed by atoms with E-state index in [1.807, 2.05) is 72.8 Å². The third-order valence-electron chi connectivity index (χ3n) is 5.19. The van der Waals surface area contributed by atoms with Crippen LogP contribution in [0.15, 0.2) is 78.9 Å². The average Bonchev–Trinajstić information content (AvgIpc) is 2.76. The fraction of sp³-hybridized carbons (Fsp3) is 0.250. The van der Waals surface area contributed by atoms with Gasteiger partial charge in [-0.2, -0.15) is 0 Å². The highest BCUT2D eigenvalue weighted by atomic mass is 35.5. The quantitative estimate of drug-likeness (QED) is 0.547. The fourth-order valence-corrected chi connectivity index (χ4v) is 3.60. The van der Waals surface area contributed by atoms with Crippen molar-refractivity contribution in [2.24, 2.45) is 11.7 Å². The first-order valence-electron chi connectivity index (χ1n) is 9.85. The fourth-order valence-electron chi connectivity index (χ4n) is 3.60. The van der Waals surface area contributed by atoms with Gasteiger partial charge in [-0.1, -0.05) is 42.5 Å². The van der Waals surface area contributed by atoms with Gasteiger partial charge in [0.25, 0.3) is 0 Å².